The van der Waals surface area contributed by atoms with E-state index in [2.05, 4.69) is 53.4 Å². The van der Waals surface area contributed by atoms with E-state index >= 15 is 0 Å². The Morgan fingerprint density at radius 1 is 1.39 bits per heavy atom. The number of aryl methyl sites for hydroxylation is 1. The van der Waals surface area contributed by atoms with Crippen LogP contribution in [0.15, 0.2) is 22.7 Å². The lowest BCUT2D eigenvalue weighted by Crippen LogP contribution is -2.24. The van der Waals surface area contributed by atoms with Gasteiger partial charge in [0.05, 0.1) is 0 Å². The molecule has 1 heterocycles. The van der Waals surface area contributed by atoms with Crippen LogP contribution in [-0.2, 0) is 4.74 Å². The summed E-state index contributed by atoms with van der Waals surface area (Å²) >= 11 is 3.62. The molecule has 2 rings (SSSR count). The van der Waals surface area contributed by atoms with Crippen molar-refractivity contribution in [2.75, 3.05) is 20.3 Å². The van der Waals surface area contributed by atoms with Crippen LogP contribution < -0.4 is 5.32 Å². The van der Waals surface area contributed by atoms with Crippen LogP contribution in [0, 0.1) is 12.8 Å². The second kappa shape index (κ2) is 6.69. The minimum absolute atomic E-state index is 0.449. The highest BCUT2D eigenvalue weighted by molar-refractivity contribution is 9.10. The van der Waals surface area contributed by atoms with Crippen molar-refractivity contribution in [3.63, 3.8) is 0 Å². The Kier molecular flexibility index (Phi) is 5.22. The van der Waals surface area contributed by atoms with Crippen LogP contribution in [0.4, 0.5) is 0 Å². The zero-order chi connectivity index (χ0) is 13.0. The highest BCUT2D eigenvalue weighted by Crippen LogP contribution is 2.29. The lowest BCUT2D eigenvalue weighted by atomic mass is 9.89. The standard InChI is InChI=1S/C15H22BrNO/c1-11-3-4-13(10-14(11)16)15(17-2)9-12-5-7-18-8-6-12/h3-4,10,12,15,17H,5-9H2,1-2H3. The van der Waals surface area contributed by atoms with E-state index in [0.717, 1.165) is 19.1 Å². The topological polar surface area (TPSA) is 21.3 Å². The first kappa shape index (κ1) is 14.0. The molecule has 0 radical (unpaired) electrons. The molecule has 0 saturated carbocycles. The van der Waals surface area contributed by atoms with Crippen LogP contribution in [0.2, 0.25) is 0 Å². The summed E-state index contributed by atoms with van der Waals surface area (Å²) in [5.74, 6) is 0.788. The summed E-state index contributed by atoms with van der Waals surface area (Å²) in [6.07, 6.45) is 3.60. The van der Waals surface area contributed by atoms with Crippen LogP contribution in [0.1, 0.15) is 36.4 Å². The van der Waals surface area contributed by atoms with Gasteiger partial charge in [-0.05, 0) is 56.3 Å². The molecule has 1 aliphatic rings. The van der Waals surface area contributed by atoms with Gasteiger partial charge in [0.25, 0.3) is 0 Å². The Balaban J connectivity index is 2.04. The van der Waals surface area contributed by atoms with Crippen molar-refractivity contribution in [3.05, 3.63) is 33.8 Å². The second-order valence-electron chi connectivity index (χ2n) is 5.14. The summed E-state index contributed by atoms with van der Waals surface area (Å²) in [4.78, 5) is 0. The van der Waals surface area contributed by atoms with Crippen molar-refractivity contribution in [2.24, 2.45) is 5.92 Å². The van der Waals surface area contributed by atoms with E-state index < -0.39 is 0 Å². The third-order valence-corrected chi connectivity index (χ3v) is 4.71. The number of hydrogen-bond acceptors (Lipinski definition) is 2. The molecule has 0 aromatic heterocycles. The van der Waals surface area contributed by atoms with Gasteiger partial charge in [-0.2, -0.15) is 0 Å². The summed E-state index contributed by atoms with van der Waals surface area (Å²) < 4.78 is 6.63. The van der Waals surface area contributed by atoms with Crippen molar-refractivity contribution in [1.82, 2.24) is 5.32 Å². The minimum Gasteiger partial charge on any atom is -0.381 e. The molecule has 1 aromatic rings. The molecular weight excluding hydrogens is 290 g/mol. The molecule has 0 spiro atoms. The first-order valence-electron chi connectivity index (χ1n) is 6.71. The Hall–Kier alpha value is -0.380. The van der Waals surface area contributed by atoms with Crippen LogP contribution in [0.25, 0.3) is 0 Å². The fraction of sp³-hybridized carbons (Fsp3) is 0.600. The third-order valence-electron chi connectivity index (χ3n) is 3.86. The summed E-state index contributed by atoms with van der Waals surface area (Å²) in [5.41, 5.74) is 2.67. The number of hydrogen-bond donors (Lipinski definition) is 1. The van der Waals surface area contributed by atoms with E-state index in [-0.39, 0.29) is 0 Å². The molecule has 1 unspecified atom stereocenters. The Bertz CT molecular complexity index is 388. The van der Waals surface area contributed by atoms with Gasteiger partial charge in [-0.1, -0.05) is 28.1 Å². The van der Waals surface area contributed by atoms with Gasteiger partial charge in [-0.15, -0.1) is 0 Å². The van der Waals surface area contributed by atoms with Gasteiger partial charge in [0.1, 0.15) is 0 Å². The predicted molar refractivity (Wildman–Crippen MR) is 78.8 cm³/mol. The molecule has 0 aliphatic carbocycles. The van der Waals surface area contributed by atoms with Crippen molar-refractivity contribution in [3.8, 4) is 0 Å². The first-order valence-corrected chi connectivity index (χ1v) is 7.51. The van der Waals surface area contributed by atoms with Gasteiger partial charge in [0, 0.05) is 23.7 Å². The quantitative estimate of drug-likeness (QED) is 0.912. The van der Waals surface area contributed by atoms with Gasteiger partial charge < -0.3 is 10.1 Å². The average Bonchev–Trinajstić information content (AvgIpc) is 2.40. The zero-order valence-corrected chi connectivity index (χ0v) is 12.8. The van der Waals surface area contributed by atoms with E-state index in [1.807, 2.05) is 0 Å². The minimum atomic E-state index is 0.449. The molecule has 1 aliphatic heterocycles. The smallest absolute Gasteiger partial charge is 0.0468 e. The van der Waals surface area contributed by atoms with Gasteiger partial charge in [-0.3, -0.25) is 0 Å². The lowest BCUT2D eigenvalue weighted by molar-refractivity contribution is 0.0608. The van der Waals surface area contributed by atoms with E-state index in [1.54, 1.807) is 0 Å². The van der Waals surface area contributed by atoms with E-state index in [4.69, 9.17) is 4.74 Å². The molecule has 0 bridgehead atoms. The van der Waals surface area contributed by atoms with Gasteiger partial charge >= 0.3 is 0 Å². The predicted octanol–water partition coefficient (Wildman–Crippen LogP) is 3.83. The number of ether oxygens (including phenoxy) is 1. The summed E-state index contributed by atoms with van der Waals surface area (Å²) in [5, 5.41) is 3.45. The van der Waals surface area contributed by atoms with Gasteiger partial charge in [0.15, 0.2) is 0 Å². The molecular formula is C15H22BrNO. The van der Waals surface area contributed by atoms with Gasteiger partial charge in [0.2, 0.25) is 0 Å². The SMILES string of the molecule is CNC(CC1CCOCC1)c1ccc(C)c(Br)c1. The lowest BCUT2D eigenvalue weighted by Gasteiger charge is -2.27. The Morgan fingerprint density at radius 2 is 2.11 bits per heavy atom. The summed E-state index contributed by atoms with van der Waals surface area (Å²) in [6.45, 7) is 3.98. The maximum atomic E-state index is 5.43. The van der Waals surface area contributed by atoms with Crippen LogP contribution in [-0.4, -0.2) is 20.3 Å². The largest absolute Gasteiger partial charge is 0.381 e. The fourth-order valence-electron chi connectivity index (χ4n) is 2.56. The maximum absolute atomic E-state index is 5.43. The van der Waals surface area contributed by atoms with Gasteiger partial charge in [-0.25, -0.2) is 0 Å². The highest BCUT2D eigenvalue weighted by atomic mass is 79.9. The van der Waals surface area contributed by atoms with Crippen molar-refractivity contribution in [1.29, 1.82) is 0 Å². The summed E-state index contributed by atoms with van der Waals surface area (Å²) in [7, 11) is 2.05. The molecule has 18 heavy (non-hydrogen) atoms. The fourth-order valence-corrected chi connectivity index (χ4v) is 2.96. The van der Waals surface area contributed by atoms with E-state index in [0.29, 0.717) is 6.04 Å². The molecule has 1 atom stereocenters. The van der Waals surface area contributed by atoms with Crippen molar-refractivity contribution < 1.29 is 4.74 Å². The van der Waals surface area contributed by atoms with Crippen molar-refractivity contribution >= 4 is 15.9 Å². The number of rotatable bonds is 4. The van der Waals surface area contributed by atoms with Crippen LogP contribution in [0.5, 0.6) is 0 Å². The molecule has 100 valence electrons. The molecule has 1 aromatic carbocycles. The van der Waals surface area contributed by atoms with E-state index in [1.165, 1.54) is 34.9 Å². The van der Waals surface area contributed by atoms with Crippen LogP contribution >= 0.6 is 15.9 Å². The van der Waals surface area contributed by atoms with E-state index in [9.17, 15) is 0 Å². The second-order valence-corrected chi connectivity index (χ2v) is 6.00. The van der Waals surface area contributed by atoms with Crippen LogP contribution in [0.3, 0.4) is 0 Å². The Morgan fingerprint density at radius 3 is 2.72 bits per heavy atom. The number of benzene rings is 1. The normalized spacial score (nSPS) is 18.8. The molecule has 2 nitrogen and oxygen atoms in total. The molecule has 1 fully saturated rings. The molecule has 0 amide bonds. The number of nitrogens with one attached hydrogen (secondary N) is 1. The molecule has 1 saturated heterocycles. The monoisotopic (exact) mass is 311 g/mol. The third kappa shape index (κ3) is 3.56. The summed E-state index contributed by atoms with van der Waals surface area (Å²) in [6, 6.07) is 7.12. The first-order chi connectivity index (χ1) is 8.70. The molecule has 3 heteroatoms. The average molecular weight is 312 g/mol. The number of halogens is 1. The molecule has 1 N–H and O–H groups in total. The van der Waals surface area contributed by atoms with Crippen molar-refractivity contribution in [2.45, 2.75) is 32.2 Å². The Labute approximate surface area is 118 Å². The maximum Gasteiger partial charge on any atom is 0.0468 e. The zero-order valence-electron chi connectivity index (χ0n) is 11.2. The highest BCUT2D eigenvalue weighted by Gasteiger charge is 2.19.